The third kappa shape index (κ3) is 4.99. The standard InChI is InChI=1S/C21H17N5O2S/c27-20(19-4-2-1-3-15(19)13-29-21-23-14-24-26-21)25-16-5-7-17(8-6-16)28-18-9-11-22-12-10-18/h1-12,14H,13H2,(H,25,27)(H,23,24,26). The molecule has 8 heteroatoms. The van der Waals surface area contributed by atoms with E-state index in [0.717, 1.165) is 5.56 Å². The van der Waals surface area contributed by atoms with Gasteiger partial charge >= 0.3 is 0 Å². The van der Waals surface area contributed by atoms with E-state index in [0.29, 0.717) is 33.7 Å². The first-order valence-corrected chi connectivity index (χ1v) is 9.82. The molecule has 0 fully saturated rings. The topological polar surface area (TPSA) is 92.8 Å². The van der Waals surface area contributed by atoms with Crippen LogP contribution in [0.3, 0.4) is 0 Å². The highest BCUT2D eigenvalue weighted by atomic mass is 32.2. The van der Waals surface area contributed by atoms with Gasteiger partial charge in [0.2, 0.25) is 0 Å². The van der Waals surface area contributed by atoms with Crippen molar-refractivity contribution in [2.45, 2.75) is 10.9 Å². The van der Waals surface area contributed by atoms with E-state index in [1.807, 2.05) is 36.4 Å². The second-order valence-electron chi connectivity index (χ2n) is 6.00. The van der Waals surface area contributed by atoms with E-state index >= 15 is 0 Å². The molecule has 1 amide bonds. The smallest absolute Gasteiger partial charge is 0.255 e. The Bertz CT molecular complexity index is 1070. The second kappa shape index (κ2) is 9.03. The lowest BCUT2D eigenvalue weighted by atomic mass is 10.1. The summed E-state index contributed by atoms with van der Waals surface area (Å²) in [6, 6.07) is 18.3. The lowest BCUT2D eigenvalue weighted by molar-refractivity contribution is 0.102. The fourth-order valence-electron chi connectivity index (χ4n) is 2.62. The Morgan fingerprint density at radius 1 is 1.00 bits per heavy atom. The van der Waals surface area contributed by atoms with Crippen molar-refractivity contribution in [3.05, 3.63) is 90.5 Å². The summed E-state index contributed by atoms with van der Waals surface area (Å²) in [6.07, 6.45) is 4.80. The highest BCUT2D eigenvalue weighted by Crippen LogP contribution is 2.24. The Balaban J connectivity index is 1.41. The molecule has 0 unspecified atom stereocenters. The van der Waals surface area contributed by atoms with Crippen LogP contribution in [0.15, 0.2) is 84.5 Å². The van der Waals surface area contributed by atoms with Crippen LogP contribution in [0.25, 0.3) is 0 Å². The number of carbonyl (C=O) groups is 1. The van der Waals surface area contributed by atoms with Gasteiger partial charge in [0.1, 0.15) is 17.8 Å². The van der Waals surface area contributed by atoms with Crippen LogP contribution in [0, 0.1) is 0 Å². The molecule has 0 radical (unpaired) electrons. The number of rotatable bonds is 7. The van der Waals surface area contributed by atoms with Crippen LogP contribution in [0.2, 0.25) is 0 Å². The second-order valence-corrected chi connectivity index (χ2v) is 6.96. The summed E-state index contributed by atoms with van der Waals surface area (Å²) in [5.74, 6) is 1.83. The number of nitrogens with one attached hydrogen (secondary N) is 2. The predicted octanol–water partition coefficient (Wildman–Crippen LogP) is 4.54. The summed E-state index contributed by atoms with van der Waals surface area (Å²) in [4.78, 5) is 20.8. The van der Waals surface area contributed by atoms with Crippen molar-refractivity contribution < 1.29 is 9.53 Å². The molecule has 0 saturated heterocycles. The van der Waals surface area contributed by atoms with Gasteiger partial charge in [0.05, 0.1) is 0 Å². The first-order chi connectivity index (χ1) is 14.3. The molecule has 0 atom stereocenters. The average molecular weight is 403 g/mol. The van der Waals surface area contributed by atoms with Gasteiger partial charge in [-0.2, -0.15) is 5.10 Å². The minimum Gasteiger partial charge on any atom is -0.457 e. The minimum atomic E-state index is -0.165. The minimum absolute atomic E-state index is 0.165. The number of amides is 1. The van der Waals surface area contributed by atoms with Gasteiger partial charge in [-0.3, -0.25) is 14.9 Å². The molecule has 0 bridgehead atoms. The number of aromatic amines is 1. The number of H-pyrrole nitrogens is 1. The van der Waals surface area contributed by atoms with Crippen molar-refractivity contribution in [1.82, 2.24) is 20.2 Å². The van der Waals surface area contributed by atoms with Gasteiger partial charge in [-0.05, 0) is 48.0 Å². The lowest BCUT2D eigenvalue weighted by Crippen LogP contribution is -2.14. The van der Waals surface area contributed by atoms with Gasteiger partial charge in [0.15, 0.2) is 5.16 Å². The molecule has 0 aliphatic heterocycles. The summed E-state index contributed by atoms with van der Waals surface area (Å²) >= 11 is 1.49. The van der Waals surface area contributed by atoms with Crippen LogP contribution in [0.4, 0.5) is 5.69 Å². The van der Waals surface area contributed by atoms with Crippen molar-refractivity contribution in [1.29, 1.82) is 0 Å². The van der Waals surface area contributed by atoms with Gasteiger partial charge in [0.25, 0.3) is 5.91 Å². The van der Waals surface area contributed by atoms with Crippen LogP contribution >= 0.6 is 11.8 Å². The molecule has 0 saturated carbocycles. The van der Waals surface area contributed by atoms with Crippen LogP contribution in [0.5, 0.6) is 11.5 Å². The number of thioether (sulfide) groups is 1. The molecule has 2 aromatic carbocycles. The van der Waals surface area contributed by atoms with Gasteiger partial charge in [-0.1, -0.05) is 30.0 Å². The number of anilines is 1. The van der Waals surface area contributed by atoms with Crippen molar-refractivity contribution in [2.75, 3.05) is 5.32 Å². The summed E-state index contributed by atoms with van der Waals surface area (Å²) in [5, 5.41) is 10.3. The van der Waals surface area contributed by atoms with E-state index in [-0.39, 0.29) is 5.91 Å². The van der Waals surface area contributed by atoms with Crippen LogP contribution < -0.4 is 10.1 Å². The third-order valence-corrected chi connectivity index (χ3v) is 4.94. The van der Waals surface area contributed by atoms with Crippen LogP contribution in [-0.2, 0) is 5.75 Å². The molecule has 0 spiro atoms. The normalized spacial score (nSPS) is 10.5. The maximum Gasteiger partial charge on any atom is 0.255 e. The molecule has 2 N–H and O–H groups in total. The number of aromatic nitrogens is 4. The van der Waals surface area contributed by atoms with E-state index in [1.54, 1.807) is 36.7 Å². The quantitative estimate of drug-likeness (QED) is 0.440. The largest absolute Gasteiger partial charge is 0.457 e. The summed E-state index contributed by atoms with van der Waals surface area (Å²) in [6.45, 7) is 0. The zero-order chi connectivity index (χ0) is 19.9. The van der Waals surface area contributed by atoms with Gasteiger partial charge in [-0.15, -0.1) is 0 Å². The van der Waals surface area contributed by atoms with Crippen molar-refractivity contribution in [3.8, 4) is 11.5 Å². The number of nitrogens with zero attached hydrogens (tertiary/aromatic N) is 3. The zero-order valence-corrected chi connectivity index (χ0v) is 16.1. The molecule has 4 rings (SSSR count). The van der Waals surface area contributed by atoms with Gasteiger partial charge in [-0.25, -0.2) is 4.98 Å². The summed E-state index contributed by atoms with van der Waals surface area (Å²) in [5.41, 5.74) is 2.23. The monoisotopic (exact) mass is 403 g/mol. The number of hydrogen-bond donors (Lipinski definition) is 2. The number of pyridine rings is 1. The molecular formula is C21H17N5O2S. The van der Waals surface area contributed by atoms with Crippen LogP contribution in [-0.4, -0.2) is 26.1 Å². The Kier molecular flexibility index (Phi) is 5.82. The Morgan fingerprint density at radius 2 is 1.76 bits per heavy atom. The number of carbonyl (C=O) groups excluding carboxylic acids is 1. The fraction of sp³-hybridized carbons (Fsp3) is 0.0476. The number of benzene rings is 2. The van der Waals surface area contributed by atoms with Crippen LogP contribution in [0.1, 0.15) is 15.9 Å². The van der Waals surface area contributed by atoms with Crippen molar-refractivity contribution in [3.63, 3.8) is 0 Å². The van der Waals surface area contributed by atoms with E-state index in [9.17, 15) is 4.79 Å². The highest BCUT2D eigenvalue weighted by molar-refractivity contribution is 7.98. The Morgan fingerprint density at radius 3 is 2.52 bits per heavy atom. The molecule has 0 aliphatic carbocycles. The molecule has 7 nitrogen and oxygen atoms in total. The first-order valence-electron chi connectivity index (χ1n) is 8.83. The molecular weight excluding hydrogens is 386 g/mol. The molecule has 2 heterocycles. The number of hydrogen-bond acceptors (Lipinski definition) is 6. The molecule has 2 aromatic heterocycles. The summed E-state index contributed by atoms with van der Waals surface area (Å²) in [7, 11) is 0. The fourth-order valence-corrected chi connectivity index (χ4v) is 3.41. The van der Waals surface area contributed by atoms with Crippen molar-refractivity contribution >= 4 is 23.4 Å². The maximum absolute atomic E-state index is 12.8. The molecule has 0 aliphatic rings. The third-order valence-electron chi connectivity index (χ3n) is 4.02. The van der Waals surface area contributed by atoms with E-state index in [1.165, 1.54) is 18.1 Å². The lowest BCUT2D eigenvalue weighted by Gasteiger charge is -2.10. The van der Waals surface area contributed by atoms with E-state index in [2.05, 4.69) is 25.5 Å². The molecule has 4 aromatic rings. The summed E-state index contributed by atoms with van der Waals surface area (Å²) < 4.78 is 5.74. The molecule has 29 heavy (non-hydrogen) atoms. The maximum atomic E-state index is 12.8. The van der Waals surface area contributed by atoms with E-state index < -0.39 is 0 Å². The zero-order valence-electron chi connectivity index (χ0n) is 15.3. The highest BCUT2D eigenvalue weighted by Gasteiger charge is 2.12. The van der Waals surface area contributed by atoms with E-state index in [4.69, 9.17) is 4.74 Å². The molecule has 144 valence electrons. The Hall–Kier alpha value is -3.65. The predicted molar refractivity (Wildman–Crippen MR) is 111 cm³/mol. The van der Waals surface area contributed by atoms with Gasteiger partial charge < -0.3 is 10.1 Å². The number of ether oxygens (including phenoxy) is 1. The average Bonchev–Trinajstić information content (AvgIpc) is 3.28. The SMILES string of the molecule is O=C(Nc1ccc(Oc2ccncc2)cc1)c1ccccc1CSc1ncn[nH]1. The van der Waals surface area contributed by atoms with Crippen molar-refractivity contribution in [2.24, 2.45) is 0 Å². The van der Waals surface area contributed by atoms with Gasteiger partial charge in [0, 0.05) is 29.4 Å². The first kappa shape index (κ1) is 18.7. The Labute approximate surface area is 171 Å².